The summed E-state index contributed by atoms with van der Waals surface area (Å²) in [4.78, 5) is 25.4. The monoisotopic (exact) mass is 363 g/mol. The molecule has 0 spiro atoms. The number of amides is 1. The third-order valence-corrected chi connectivity index (χ3v) is 4.62. The standard InChI is InChI=1S/C19H21N7O/c1-12-10-17(26-25-12)18(27)22-13-5-6-14(11-13)23-19-21-9-7-16(24-19)15-4-2-3-8-20-15/h2-4,7-10,13-14H,5-6,11H2,1H3,(H,22,27)(H,25,26)(H,21,23,24)/t13-,14-/m0/s1. The van der Waals surface area contributed by atoms with Crippen LogP contribution in [-0.4, -0.2) is 43.1 Å². The lowest BCUT2D eigenvalue weighted by Gasteiger charge is -2.14. The number of carbonyl (C=O) groups is 1. The number of pyridine rings is 1. The lowest BCUT2D eigenvalue weighted by atomic mass is 10.2. The van der Waals surface area contributed by atoms with Crippen LogP contribution in [0.3, 0.4) is 0 Å². The highest BCUT2D eigenvalue weighted by molar-refractivity contribution is 5.92. The Kier molecular flexibility index (Phi) is 4.78. The molecule has 0 aliphatic heterocycles. The van der Waals surface area contributed by atoms with Crippen LogP contribution in [0.1, 0.15) is 35.4 Å². The molecule has 3 aromatic heterocycles. The SMILES string of the molecule is Cc1cc(C(=O)N[C@H]2CC[C@H](Nc3nccc(-c4ccccn4)n3)C2)n[nH]1. The van der Waals surface area contributed by atoms with E-state index in [9.17, 15) is 4.79 Å². The fraction of sp³-hybridized carbons (Fsp3) is 0.316. The van der Waals surface area contributed by atoms with E-state index < -0.39 is 0 Å². The molecule has 0 saturated heterocycles. The predicted octanol–water partition coefficient (Wildman–Crippen LogP) is 2.33. The van der Waals surface area contributed by atoms with Crippen LogP contribution in [0.2, 0.25) is 0 Å². The molecule has 0 unspecified atom stereocenters. The summed E-state index contributed by atoms with van der Waals surface area (Å²) in [6, 6.07) is 9.66. The molecule has 8 nitrogen and oxygen atoms in total. The summed E-state index contributed by atoms with van der Waals surface area (Å²) >= 11 is 0. The van der Waals surface area contributed by atoms with Crippen LogP contribution in [0, 0.1) is 6.92 Å². The van der Waals surface area contributed by atoms with Gasteiger partial charge in [0.2, 0.25) is 5.95 Å². The number of hydrogen-bond donors (Lipinski definition) is 3. The number of hydrogen-bond acceptors (Lipinski definition) is 6. The second kappa shape index (κ2) is 7.53. The van der Waals surface area contributed by atoms with Gasteiger partial charge in [0.1, 0.15) is 5.69 Å². The maximum atomic E-state index is 12.2. The number of aromatic amines is 1. The van der Waals surface area contributed by atoms with Crippen LogP contribution in [0.5, 0.6) is 0 Å². The van der Waals surface area contributed by atoms with Crippen LogP contribution in [-0.2, 0) is 0 Å². The number of aryl methyl sites for hydroxylation is 1. The molecule has 3 aromatic rings. The zero-order valence-corrected chi connectivity index (χ0v) is 15.0. The van der Waals surface area contributed by atoms with E-state index in [0.717, 1.165) is 36.3 Å². The van der Waals surface area contributed by atoms with Gasteiger partial charge in [-0.25, -0.2) is 9.97 Å². The molecule has 0 bridgehead atoms. The maximum Gasteiger partial charge on any atom is 0.271 e. The molecule has 1 saturated carbocycles. The molecular weight excluding hydrogens is 342 g/mol. The van der Waals surface area contributed by atoms with Crippen molar-refractivity contribution >= 4 is 11.9 Å². The number of rotatable bonds is 5. The maximum absolute atomic E-state index is 12.2. The van der Waals surface area contributed by atoms with Crippen molar-refractivity contribution in [3.63, 3.8) is 0 Å². The molecule has 8 heteroatoms. The first-order valence-electron chi connectivity index (χ1n) is 9.01. The van der Waals surface area contributed by atoms with E-state index in [-0.39, 0.29) is 18.0 Å². The molecule has 27 heavy (non-hydrogen) atoms. The zero-order chi connectivity index (χ0) is 18.6. The van der Waals surface area contributed by atoms with Gasteiger partial charge in [0.15, 0.2) is 0 Å². The molecule has 2 atom stereocenters. The van der Waals surface area contributed by atoms with Crippen LogP contribution >= 0.6 is 0 Å². The average Bonchev–Trinajstić information content (AvgIpc) is 3.32. The van der Waals surface area contributed by atoms with Crippen molar-refractivity contribution in [3.05, 3.63) is 54.1 Å². The Morgan fingerprint density at radius 1 is 1.11 bits per heavy atom. The van der Waals surface area contributed by atoms with Crippen molar-refractivity contribution in [3.8, 4) is 11.4 Å². The lowest BCUT2D eigenvalue weighted by Crippen LogP contribution is -2.34. The van der Waals surface area contributed by atoms with Gasteiger partial charge >= 0.3 is 0 Å². The fourth-order valence-electron chi connectivity index (χ4n) is 3.31. The summed E-state index contributed by atoms with van der Waals surface area (Å²) in [6.07, 6.45) is 6.16. The molecule has 3 N–H and O–H groups in total. The number of nitrogens with one attached hydrogen (secondary N) is 3. The second-order valence-electron chi connectivity index (χ2n) is 6.74. The van der Waals surface area contributed by atoms with Gasteiger partial charge < -0.3 is 10.6 Å². The topological polar surface area (TPSA) is 108 Å². The molecule has 1 fully saturated rings. The van der Waals surface area contributed by atoms with E-state index in [4.69, 9.17) is 0 Å². The Morgan fingerprint density at radius 3 is 2.78 bits per heavy atom. The third-order valence-electron chi connectivity index (χ3n) is 4.62. The molecule has 1 amide bonds. The number of H-pyrrole nitrogens is 1. The molecule has 4 rings (SSSR count). The van der Waals surface area contributed by atoms with Crippen LogP contribution in [0.25, 0.3) is 11.4 Å². The van der Waals surface area contributed by atoms with E-state index in [1.54, 1.807) is 18.5 Å². The summed E-state index contributed by atoms with van der Waals surface area (Å²) in [6.45, 7) is 1.87. The lowest BCUT2D eigenvalue weighted by molar-refractivity contribution is 0.0932. The van der Waals surface area contributed by atoms with Crippen LogP contribution < -0.4 is 10.6 Å². The first kappa shape index (κ1) is 17.1. The number of aromatic nitrogens is 5. The molecule has 0 radical (unpaired) electrons. The normalized spacial score (nSPS) is 19.0. The van der Waals surface area contributed by atoms with Crippen LogP contribution in [0.15, 0.2) is 42.7 Å². The van der Waals surface area contributed by atoms with Crippen LogP contribution in [0.4, 0.5) is 5.95 Å². The van der Waals surface area contributed by atoms with Crippen molar-refractivity contribution in [1.82, 2.24) is 30.5 Å². The van der Waals surface area contributed by atoms with Crippen molar-refractivity contribution in [1.29, 1.82) is 0 Å². The first-order chi connectivity index (χ1) is 13.2. The number of carbonyl (C=O) groups excluding carboxylic acids is 1. The molecular formula is C19H21N7O. The van der Waals surface area contributed by atoms with Gasteiger partial charge in [-0.15, -0.1) is 0 Å². The Balaban J connectivity index is 1.35. The Bertz CT molecular complexity index is 925. The van der Waals surface area contributed by atoms with E-state index in [1.165, 1.54) is 0 Å². The number of anilines is 1. The molecule has 138 valence electrons. The highest BCUT2D eigenvalue weighted by atomic mass is 16.2. The summed E-state index contributed by atoms with van der Waals surface area (Å²) in [5, 5.41) is 13.2. The number of nitrogens with zero attached hydrogens (tertiary/aromatic N) is 4. The average molecular weight is 363 g/mol. The van der Waals surface area contributed by atoms with Crippen molar-refractivity contribution in [2.45, 2.75) is 38.3 Å². The van der Waals surface area contributed by atoms with Gasteiger partial charge in [-0.1, -0.05) is 6.07 Å². The highest BCUT2D eigenvalue weighted by Gasteiger charge is 2.27. The largest absolute Gasteiger partial charge is 0.351 e. The predicted molar refractivity (Wildman–Crippen MR) is 101 cm³/mol. The Morgan fingerprint density at radius 2 is 2.00 bits per heavy atom. The van der Waals surface area contributed by atoms with E-state index >= 15 is 0 Å². The summed E-state index contributed by atoms with van der Waals surface area (Å²) in [5.41, 5.74) is 2.89. The minimum Gasteiger partial charge on any atom is -0.351 e. The van der Waals surface area contributed by atoms with Gasteiger partial charge in [-0.05, 0) is 50.5 Å². The minimum absolute atomic E-state index is 0.117. The quantitative estimate of drug-likeness (QED) is 0.642. The first-order valence-corrected chi connectivity index (χ1v) is 9.01. The van der Waals surface area contributed by atoms with E-state index in [0.29, 0.717) is 11.6 Å². The Labute approximate surface area is 156 Å². The summed E-state index contributed by atoms with van der Waals surface area (Å²) in [7, 11) is 0. The minimum atomic E-state index is -0.140. The van der Waals surface area contributed by atoms with Crippen molar-refractivity contribution in [2.75, 3.05) is 5.32 Å². The Hall–Kier alpha value is -3.29. The molecule has 0 aromatic carbocycles. The zero-order valence-electron chi connectivity index (χ0n) is 15.0. The van der Waals surface area contributed by atoms with Gasteiger partial charge in [-0.3, -0.25) is 14.9 Å². The molecule has 3 heterocycles. The van der Waals surface area contributed by atoms with E-state index in [1.807, 2.05) is 31.2 Å². The van der Waals surface area contributed by atoms with Crippen molar-refractivity contribution < 1.29 is 4.79 Å². The van der Waals surface area contributed by atoms with E-state index in [2.05, 4.69) is 35.8 Å². The third kappa shape index (κ3) is 4.11. The smallest absolute Gasteiger partial charge is 0.271 e. The summed E-state index contributed by atoms with van der Waals surface area (Å²) in [5.74, 6) is 0.441. The van der Waals surface area contributed by atoms with Gasteiger partial charge in [0.25, 0.3) is 5.91 Å². The molecule has 1 aliphatic carbocycles. The molecule has 1 aliphatic rings. The van der Waals surface area contributed by atoms with Crippen molar-refractivity contribution in [2.24, 2.45) is 0 Å². The summed E-state index contributed by atoms with van der Waals surface area (Å²) < 4.78 is 0. The highest BCUT2D eigenvalue weighted by Crippen LogP contribution is 2.23. The van der Waals surface area contributed by atoms with Gasteiger partial charge in [0.05, 0.1) is 11.4 Å². The van der Waals surface area contributed by atoms with Gasteiger partial charge in [0, 0.05) is 30.2 Å². The fourth-order valence-corrected chi connectivity index (χ4v) is 3.31. The van der Waals surface area contributed by atoms with Gasteiger partial charge in [-0.2, -0.15) is 5.10 Å². The second-order valence-corrected chi connectivity index (χ2v) is 6.74.